The molecule has 0 amide bonds. The van der Waals surface area contributed by atoms with Crippen molar-refractivity contribution in [3.05, 3.63) is 35.4 Å². The Bertz CT molecular complexity index is 394. The summed E-state index contributed by atoms with van der Waals surface area (Å²) >= 11 is 0. The summed E-state index contributed by atoms with van der Waals surface area (Å²) in [5, 5.41) is 3.25. The first-order valence-corrected chi connectivity index (χ1v) is 7.31. The lowest BCUT2D eigenvalue weighted by Crippen LogP contribution is -2.48. The highest BCUT2D eigenvalue weighted by atomic mass is 16.5. The van der Waals surface area contributed by atoms with E-state index in [0.717, 1.165) is 32.7 Å². The van der Waals surface area contributed by atoms with Crippen molar-refractivity contribution in [3.8, 4) is 0 Å². The van der Waals surface area contributed by atoms with Crippen molar-refractivity contribution in [3.63, 3.8) is 0 Å². The van der Waals surface area contributed by atoms with Crippen molar-refractivity contribution in [1.29, 1.82) is 0 Å². The van der Waals surface area contributed by atoms with Gasteiger partial charge in [-0.25, -0.2) is 0 Å². The van der Waals surface area contributed by atoms with Crippen LogP contribution in [0.1, 0.15) is 31.4 Å². The summed E-state index contributed by atoms with van der Waals surface area (Å²) in [5.41, 5.74) is 2.84. The Hall–Kier alpha value is -0.900. The second-order valence-electron chi connectivity index (χ2n) is 5.43. The van der Waals surface area contributed by atoms with Crippen molar-refractivity contribution in [2.45, 2.75) is 45.5 Å². The Morgan fingerprint density at radius 1 is 1.32 bits per heavy atom. The second-order valence-corrected chi connectivity index (χ2v) is 5.43. The van der Waals surface area contributed by atoms with Crippen LogP contribution in [0.2, 0.25) is 0 Å². The SMILES string of the molecule is CCC1COC(C)CN1Cc1ccccc1CNC. The third kappa shape index (κ3) is 3.78. The fourth-order valence-corrected chi connectivity index (χ4v) is 2.78. The zero-order valence-corrected chi connectivity index (χ0v) is 12.4. The van der Waals surface area contributed by atoms with Crippen LogP contribution >= 0.6 is 0 Å². The van der Waals surface area contributed by atoms with Gasteiger partial charge in [0, 0.05) is 25.7 Å². The van der Waals surface area contributed by atoms with E-state index in [-0.39, 0.29) is 0 Å². The molecule has 1 N–H and O–H groups in total. The van der Waals surface area contributed by atoms with Gasteiger partial charge in [-0.3, -0.25) is 4.90 Å². The zero-order chi connectivity index (χ0) is 13.7. The first-order chi connectivity index (χ1) is 9.24. The lowest BCUT2D eigenvalue weighted by Gasteiger charge is -2.38. The fourth-order valence-electron chi connectivity index (χ4n) is 2.78. The molecule has 0 aromatic heterocycles. The highest BCUT2D eigenvalue weighted by Crippen LogP contribution is 2.19. The number of rotatable bonds is 5. The topological polar surface area (TPSA) is 24.5 Å². The molecule has 0 bridgehead atoms. The number of nitrogens with zero attached hydrogens (tertiary/aromatic N) is 1. The molecule has 2 unspecified atom stereocenters. The molecule has 1 heterocycles. The van der Waals surface area contributed by atoms with Gasteiger partial charge in [-0.05, 0) is 31.5 Å². The van der Waals surface area contributed by atoms with E-state index in [1.807, 2.05) is 7.05 Å². The van der Waals surface area contributed by atoms with Crippen LogP contribution in [-0.2, 0) is 17.8 Å². The first-order valence-electron chi connectivity index (χ1n) is 7.31. The molecule has 2 rings (SSSR count). The van der Waals surface area contributed by atoms with Crippen LogP contribution in [0.5, 0.6) is 0 Å². The average Bonchev–Trinajstić information content (AvgIpc) is 2.42. The molecular formula is C16H26N2O. The first kappa shape index (κ1) is 14.5. The van der Waals surface area contributed by atoms with Gasteiger partial charge in [0.2, 0.25) is 0 Å². The second kappa shape index (κ2) is 7.04. The Morgan fingerprint density at radius 3 is 2.74 bits per heavy atom. The van der Waals surface area contributed by atoms with E-state index >= 15 is 0 Å². The maximum Gasteiger partial charge on any atom is 0.0674 e. The molecule has 106 valence electrons. The maximum absolute atomic E-state index is 5.77. The molecule has 0 radical (unpaired) electrons. The molecular weight excluding hydrogens is 236 g/mol. The minimum absolute atomic E-state index is 0.347. The van der Waals surface area contributed by atoms with Gasteiger partial charge in [0.05, 0.1) is 12.7 Å². The van der Waals surface area contributed by atoms with Crippen LogP contribution in [0.3, 0.4) is 0 Å². The van der Waals surface area contributed by atoms with Gasteiger partial charge >= 0.3 is 0 Å². The smallest absolute Gasteiger partial charge is 0.0674 e. The molecule has 1 fully saturated rings. The van der Waals surface area contributed by atoms with E-state index < -0.39 is 0 Å². The lowest BCUT2D eigenvalue weighted by molar-refractivity contribution is -0.0592. The molecule has 0 saturated carbocycles. The fraction of sp³-hybridized carbons (Fsp3) is 0.625. The van der Waals surface area contributed by atoms with Crippen LogP contribution < -0.4 is 5.32 Å². The summed E-state index contributed by atoms with van der Waals surface area (Å²) in [6.07, 6.45) is 1.50. The molecule has 3 heteroatoms. The molecule has 0 spiro atoms. The van der Waals surface area contributed by atoms with Crippen LogP contribution in [-0.4, -0.2) is 37.2 Å². The summed E-state index contributed by atoms with van der Waals surface area (Å²) in [7, 11) is 2.00. The lowest BCUT2D eigenvalue weighted by atomic mass is 10.0. The summed E-state index contributed by atoms with van der Waals surface area (Å²) in [6, 6.07) is 9.28. The highest BCUT2D eigenvalue weighted by Gasteiger charge is 2.25. The molecule has 1 saturated heterocycles. The number of nitrogens with one attached hydrogen (secondary N) is 1. The summed E-state index contributed by atoms with van der Waals surface area (Å²) in [5.74, 6) is 0. The number of hydrogen-bond donors (Lipinski definition) is 1. The molecule has 1 aromatic carbocycles. The van der Waals surface area contributed by atoms with Crippen molar-refractivity contribution in [1.82, 2.24) is 10.2 Å². The molecule has 1 aromatic rings. The number of benzene rings is 1. The Labute approximate surface area is 116 Å². The van der Waals surface area contributed by atoms with Gasteiger partial charge in [0.15, 0.2) is 0 Å². The molecule has 3 nitrogen and oxygen atoms in total. The van der Waals surface area contributed by atoms with E-state index in [0.29, 0.717) is 12.1 Å². The van der Waals surface area contributed by atoms with Crippen molar-refractivity contribution < 1.29 is 4.74 Å². The van der Waals surface area contributed by atoms with Crippen LogP contribution in [0.25, 0.3) is 0 Å². The predicted molar refractivity (Wildman–Crippen MR) is 79.1 cm³/mol. The van der Waals surface area contributed by atoms with Gasteiger partial charge < -0.3 is 10.1 Å². The predicted octanol–water partition coefficient (Wildman–Crippen LogP) is 2.41. The third-order valence-electron chi connectivity index (χ3n) is 3.91. The largest absolute Gasteiger partial charge is 0.376 e. The minimum Gasteiger partial charge on any atom is -0.376 e. The number of ether oxygens (including phenoxy) is 1. The van der Waals surface area contributed by atoms with Crippen LogP contribution in [0, 0.1) is 0 Å². The quantitative estimate of drug-likeness (QED) is 0.882. The van der Waals surface area contributed by atoms with Gasteiger partial charge in [-0.1, -0.05) is 31.2 Å². The van der Waals surface area contributed by atoms with Crippen LogP contribution in [0.15, 0.2) is 24.3 Å². The summed E-state index contributed by atoms with van der Waals surface area (Å²) in [4.78, 5) is 2.57. The van der Waals surface area contributed by atoms with E-state index in [9.17, 15) is 0 Å². The van der Waals surface area contributed by atoms with E-state index in [2.05, 4.69) is 48.3 Å². The van der Waals surface area contributed by atoms with Crippen molar-refractivity contribution in [2.75, 3.05) is 20.2 Å². The monoisotopic (exact) mass is 262 g/mol. The van der Waals surface area contributed by atoms with Crippen molar-refractivity contribution >= 4 is 0 Å². The molecule has 0 aliphatic carbocycles. The highest BCUT2D eigenvalue weighted by molar-refractivity contribution is 5.27. The maximum atomic E-state index is 5.77. The summed E-state index contributed by atoms with van der Waals surface area (Å²) < 4.78 is 5.77. The van der Waals surface area contributed by atoms with Gasteiger partial charge in [0.1, 0.15) is 0 Å². The molecule has 2 atom stereocenters. The minimum atomic E-state index is 0.347. The molecule has 1 aliphatic rings. The number of morpholine rings is 1. The average molecular weight is 262 g/mol. The van der Waals surface area contributed by atoms with E-state index in [1.165, 1.54) is 11.1 Å². The molecule has 19 heavy (non-hydrogen) atoms. The van der Waals surface area contributed by atoms with Crippen molar-refractivity contribution in [2.24, 2.45) is 0 Å². The molecule has 1 aliphatic heterocycles. The van der Waals surface area contributed by atoms with Gasteiger partial charge in [-0.15, -0.1) is 0 Å². The Morgan fingerprint density at radius 2 is 2.05 bits per heavy atom. The Kier molecular flexibility index (Phi) is 5.37. The number of hydrogen-bond acceptors (Lipinski definition) is 3. The third-order valence-corrected chi connectivity index (χ3v) is 3.91. The Balaban J connectivity index is 2.10. The van der Waals surface area contributed by atoms with E-state index in [1.54, 1.807) is 0 Å². The zero-order valence-electron chi connectivity index (χ0n) is 12.4. The van der Waals surface area contributed by atoms with Crippen LogP contribution in [0.4, 0.5) is 0 Å². The normalized spacial score (nSPS) is 24.6. The standard InChI is InChI=1S/C16H26N2O/c1-4-16-12-19-13(2)10-18(16)11-15-8-6-5-7-14(15)9-17-3/h5-8,13,16-17H,4,9-12H2,1-3H3. The van der Waals surface area contributed by atoms with Gasteiger partial charge in [-0.2, -0.15) is 0 Å². The van der Waals surface area contributed by atoms with E-state index in [4.69, 9.17) is 4.74 Å². The van der Waals surface area contributed by atoms with Gasteiger partial charge in [0.25, 0.3) is 0 Å². The summed E-state index contributed by atoms with van der Waals surface area (Å²) in [6.45, 7) is 8.28.